The van der Waals surface area contributed by atoms with Crippen molar-refractivity contribution in [3.8, 4) is 0 Å². The third kappa shape index (κ3) is 5.03. The highest BCUT2D eigenvalue weighted by Crippen LogP contribution is 2.24. The molecule has 0 radical (unpaired) electrons. The van der Waals surface area contributed by atoms with E-state index in [2.05, 4.69) is 26.7 Å². The van der Waals surface area contributed by atoms with Crippen LogP contribution >= 0.6 is 15.9 Å². The van der Waals surface area contributed by atoms with Crippen molar-refractivity contribution >= 4 is 27.7 Å². The van der Waals surface area contributed by atoms with Crippen molar-refractivity contribution in [3.05, 3.63) is 28.2 Å². The van der Waals surface area contributed by atoms with Crippen LogP contribution in [0.4, 0.5) is 10.5 Å². The van der Waals surface area contributed by atoms with E-state index in [-0.39, 0.29) is 0 Å². The zero-order valence-electron chi connectivity index (χ0n) is 10.6. The molecule has 3 N–H and O–H groups in total. The number of amides is 1. The lowest BCUT2D eigenvalue weighted by Crippen LogP contribution is -2.27. The SMILES string of the molecule is CC(C)(C)OC(=O)Nc1cc(CNO)ccc1Br. The second kappa shape index (κ2) is 6.17. The first-order valence-electron chi connectivity index (χ1n) is 5.47. The molecule has 0 heterocycles. The highest BCUT2D eigenvalue weighted by atomic mass is 79.9. The quantitative estimate of drug-likeness (QED) is 0.748. The Hall–Kier alpha value is -1.11. The summed E-state index contributed by atoms with van der Waals surface area (Å²) in [6.07, 6.45) is -0.516. The molecule has 0 unspecified atom stereocenters. The Labute approximate surface area is 115 Å². The van der Waals surface area contributed by atoms with Gasteiger partial charge >= 0.3 is 6.09 Å². The van der Waals surface area contributed by atoms with Gasteiger partial charge in [0, 0.05) is 11.0 Å². The Bertz CT molecular complexity index is 430. The van der Waals surface area contributed by atoms with Gasteiger partial charge in [-0.3, -0.25) is 5.32 Å². The lowest BCUT2D eigenvalue weighted by Gasteiger charge is -2.20. The van der Waals surface area contributed by atoms with Crippen molar-refractivity contribution in [3.63, 3.8) is 0 Å². The fourth-order valence-corrected chi connectivity index (χ4v) is 1.63. The number of hydrogen-bond acceptors (Lipinski definition) is 4. The Balaban J connectivity index is 2.77. The molecule has 0 bridgehead atoms. The third-order valence-corrected chi connectivity index (χ3v) is 2.64. The predicted molar refractivity (Wildman–Crippen MR) is 72.6 cm³/mol. The summed E-state index contributed by atoms with van der Waals surface area (Å²) < 4.78 is 5.91. The third-order valence-electron chi connectivity index (χ3n) is 1.95. The van der Waals surface area contributed by atoms with Gasteiger partial charge in [-0.25, -0.2) is 10.3 Å². The van der Waals surface area contributed by atoms with Crippen molar-refractivity contribution < 1.29 is 14.7 Å². The number of carbonyl (C=O) groups is 1. The highest BCUT2D eigenvalue weighted by Gasteiger charge is 2.17. The molecular weight excluding hydrogens is 300 g/mol. The summed E-state index contributed by atoms with van der Waals surface area (Å²) in [5.41, 5.74) is 2.96. The molecule has 5 nitrogen and oxygen atoms in total. The largest absolute Gasteiger partial charge is 0.444 e. The van der Waals surface area contributed by atoms with E-state index in [1.54, 1.807) is 32.9 Å². The molecule has 0 saturated carbocycles. The first-order valence-corrected chi connectivity index (χ1v) is 6.26. The van der Waals surface area contributed by atoms with Crippen LogP contribution in [0.1, 0.15) is 26.3 Å². The van der Waals surface area contributed by atoms with E-state index in [1.807, 2.05) is 6.07 Å². The Morgan fingerprint density at radius 3 is 2.67 bits per heavy atom. The maximum absolute atomic E-state index is 11.6. The van der Waals surface area contributed by atoms with Gasteiger partial charge in [-0.1, -0.05) is 6.07 Å². The molecule has 0 aliphatic heterocycles. The van der Waals surface area contributed by atoms with Gasteiger partial charge in [-0.2, -0.15) is 0 Å². The fourth-order valence-electron chi connectivity index (χ4n) is 1.28. The number of hydroxylamine groups is 1. The van der Waals surface area contributed by atoms with Gasteiger partial charge in [0.15, 0.2) is 0 Å². The molecule has 18 heavy (non-hydrogen) atoms. The fraction of sp³-hybridized carbons (Fsp3) is 0.417. The van der Waals surface area contributed by atoms with Crippen LogP contribution in [0.25, 0.3) is 0 Å². The Kier molecular flexibility index (Phi) is 5.13. The number of ether oxygens (including phenoxy) is 1. The van der Waals surface area contributed by atoms with Crippen LogP contribution in [-0.4, -0.2) is 16.9 Å². The number of halogens is 1. The molecule has 6 heteroatoms. The summed E-state index contributed by atoms with van der Waals surface area (Å²) in [5.74, 6) is 0. The molecule has 1 rings (SSSR count). The van der Waals surface area contributed by atoms with Crippen LogP contribution < -0.4 is 10.8 Å². The van der Waals surface area contributed by atoms with Crippen molar-refractivity contribution in [2.45, 2.75) is 32.9 Å². The Morgan fingerprint density at radius 1 is 1.44 bits per heavy atom. The molecule has 0 aromatic heterocycles. The number of hydrogen-bond donors (Lipinski definition) is 3. The first kappa shape index (κ1) is 14.9. The van der Waals surface area contributed by atoms with E-state index < -0.39 is 11.7 Å². The molecule has 0 spiro atoms. The number of anilines is 1. The van der Waals surface area contributed by atoms with E-state index in [0.29, 0.717) is 12.2 Å². The number of benzene rings is 1. The topological polar surface area (TPSA) is 70.6 Å². The second-order valence-corrected chi connectivity index (χ2v) is 5.63. The molecule has 1 amide bonds. The van der Waals surface area contributed by atoms with Crippen LogP contribution in [0, 0.1) is 0 Å². The standard InChI is InChI=1S/C12H17BrN2O3/c1-12(2,3)18-11(16)15-10-6-8(7-14-17)4-5-9(10)13/h4-6,14,17H,7H2,1-3H3,(H,15,16). The van der Waals surface area contributed by atoms with E-state index in [1.165, 1.54) is 0 Å². The van der Waals surface area contributed by atoms with E-state index in [4.69, 9.17) is 9.94 Å². The van der Waals surface area contributed by atoms with Gasteiger partial charge in [0.2, 0.25) is 0 Å². The molecular formula is C12H17BrN2O3. The monoisotopic (exact) mass is 316 g/mol. The summed E-state index contributed by atoms with van der Waals surface area (Å²) >= 11 is 3.34. The van der Waals surface area contributed by atoms with Gasteiger partial charge in [0.25, 0.3) is 0 Å². The number of nitrogens with one attached hydrogen (secondary N) is 2. The summed E-state index contributed by atoms with van der Waals surface area (Å²) in [6.45, 7) is 5.70. The number of rotatable bonds is 3. The average molecular weight is 317 g/mol. The summed E-state index contributed by atoms with van der Waals surface area (Å²) in [4.78, 5) is 11.6. The summed E-state index contributed by atoms with van der Waals surface area (Å²) in [5, 5.41) is 11.3. The highest BCUT2D eigenvalue weighted by molar-refractivity contribution is 9.10. The lowest BCUT2D eigenvalue weighted by molar-refractivity contribution is 0.0636. The molecule has 0 aliphatic carbocycles. The zero-order valence-corrected chi connectivity index (χ0v) is 12.2. The minimum atomic E-state index is -0.541. The van der Waals surface area contributed by atoms with Gasteiger partial charge in [0.05, 0.1) is 5.69 Å². The molecule has 0 atom stereocenters. The van der Waals surface area contributed by atoms with Gasteiger partial charge in [0.1, 0.15) is 5.60 Å². The minimum absolute atomic E-state index is 0.302. The zero-order chi connectivity index (χ0) is 13.8. The molecule has 100 valence electrons. The molecule has 1 aromatic carbocycles. The van der Waals surface area contributed by atoms with Crippen molar-refractivity contribution in [2.24, 2.45) is 0 Å². The number of carbonyl (C=O) groups excluding carboxylic acids is 1. The molecule has 1 aromatic rings. The van der Waals surface area contributed by atoms with Crippen LogP contribution in [0.3, 0.4) is 0 Å². The van der Waals surface area contributed by atoms with Crippen molar-refractivity contribution in [1.29, 1.82) is 0 Å². The van der Waals surface area contributed by atoms with Crippen molar-refractivity contribution in [2.75, 3.05) is 5.32 Å². The van der Waals surface area contributed by atoms with E-state index in [9.17, 15) is 4.79 Å². The lowest BCUT2D eigenvalue weighted by atomic mass is 10.2. The maximum atomic E-state index is 11.6. The van der Waals surface area contributed by atoms with E-state index in [0.717, 1.165) is 10.0 Å². The Morgan fingerprint density at radius 2 is 2.11 bits per heavy atom. The second-order valence-electron chi connectivity index (χ2n) is 4.78. The van der Waals surface area contributed by atoms with Crippen LogP contribution in [0.2, 0.25) is 0 Å². The maximum Gasteiger partial charge on any atom is 0.412 e. The van der Waals surface area contributed by atoms with Crippen LogP contribution in [0.5, 0.6) is 0 Å². The smallest absolute Gasteiger partial charge is 0.412 e. The normalized spacial score (nSPS) is 11.2. The summed E-state index contributed by atoms with van der Waals surface area (Å²) in [7, 11) is 0. The van der Waals surface area contributed by atoms with Gasteiger partial charge < -0.3 is 9.94 Å². The first-order chi connectivity index (χ1) is 8.31. The van der Waals surface area contributed by atoms with E-state index >= 15 is 0 Å². The summed E-state index contributed by atoms with van der Waals surface area (Å²) in [6, 6.07) is 5.37. The molecule has 0 fully saturated rings. The van der Waals surface area contributed by atoms with Crippen LogP contribution in [-0.2, 0) is 11.3 Å². The predicted octanol–water partition coefficient (Wildman–Crippen LogP) is 3.27. The van der Waals surface area contributed by atoms with Gasteiger partial charge in [-0.05, 0) is 54.4 Å². The molecule has 0 saturated heterocycles. The minimum Gasteiger partial charge on any atom is -0.444 e. The van der Waals surface area contributed by atoms with Gasteiger partial charge in [-0.15, -0.1) is 0 Å². The van der Waals surface area contributed by atoms with Crippen LogP contribution in [0.15, 0.2) is 22.7 Å². The molecule has 0 aliphatic rings. The average Bonchev–Trinajstić information content (AvgIpc) is 2.20. The van der Waals surface area contributed by atoms with Crippen molar-refractivity contribution in [1.82, 2.24) is 5.48 Å².